The third kappa shape index (κ3) is 5.98. The van der Waals surface area contributed by atoms with Gasteiger partial charge in [-0.15, -0.1) is 5.10 Å². The van der Waals surface area contributed by atoms with Gasteiger partial charge in [-0.3, -0.25) is 14.6 Å². The fourth-order valence-electron chi connectivity index (χ4n) is 3.68. The summed E-state index contributed by atoms with van der Waals surface area (Å²) in [5, 5.41) is 12.0. The molecular weight excluding hydrogens is 556 g/mol. The van der Waals surface area contributed by atoms with Gasteiger partial charge in [0, 0.05) is 23.6 Å². The normalized spacial score (nSPS) is 12.0. The SMILES string of the molecule is CCOc1cc(/C=c2\sc3nc(-c4ccncc4)nn3c2=O)ccc1OCC(=O)Nc1ccc(S(N)(=O)=O)cc1. The molecular formula is C26H22N6O6S2. The standard InChI is InChI=1S/C26H22N6O6S2/c1-2-37-21-13-16(14-22-25(34)32-26(39-22)30-24(31-32)17-9-11-28-12-10-17)3-8-20(21)38-15-23(33)29-18-4-6-19(7-5-18)40(27,35)36/h3-14H,2,15H2,1H3,(H,29,33)(H2,27,35,36)/b22-14-. The van der Waals surface area contributed by atoms with Crippen molar-refractivity contribution in [1.82, 2.24) is 19.6 Å². The molecule has 2 aromatic carbocycles. The first-order valence-electron chi connectivity index (χ1n) is 11.9. The number of nitrogens with one attached hydrogen (secondary N) is 1. The number of benzene rings is 2. The fourth-order valence-corrected chi connectivity index (χ4v) is 5.10. The molecule has 5 rings (SSSR count). The number of hydrogen-bond acceptors (Lipinski definition) is 10. The lowest BCUT2D eigenvalue weighted by atomic mass is 10.2. The van der Waals surface area contributed by atoms with Gasteiger partial charge in [-0.2, -0.15) is 9.50 Å². The Kier molecular flexibility index (Phi) is 7.55. The summed E-state index contributed by atoms with van der Waals surface area (Å²) in [4.78, 5) is 34.2. The number of aromatic nitrogens is 4. The second-order valence-corrected chi connectivity index (χ2v) is 10.9. The average molecular weight is 579 g/mol. The Hall–Kier alpha value is -4.66. The largest absolute Gasteiger partial charge is 0.490 e. The molecule has 3 heterocycles. The zero-order chi connectivity index (χ0) is 28.3. The Morgan fingerprint density at radius 1 is 1.07 bits per heavy atom. The summed E-state index contributed by atoms with van der Waals surface area (Å²) in [6, 6.07) is 14.1. The number of amides is 1. The van der Waals surface area contributed by atoms with Gasteiger partial charge in [0.1, 0.15) is 0 Å². The zero-order valence-electron chi connectivity index (χ0n) is 21.0. The molecule has 0 fully saturated rings. The molecule has 0 atom stereocenters. The van der Waals surface area contributed by atoms with Crippen LogP contribution in [0.1, 0.15) is 12.5 Å². The third-order valence-electron chi connectivity index (χ3n) is 5.51. The van der Waals surface area contributed by atoms with Crippen molar-refractivity contribution in [3.63, 3.8) is 0 Å². The van der Waals surface area contributed by atoms with Gasteiger partial charge in [0.2, 0.25) is 15.0 Å². The Morgan fingerprint density at radius 2 is 1.82 bits per heavy atom. The maximum atomic E-state index is 12.9. The second-order valence-electron chi connectivity index (χ2n) is 8.33. The Bertz CT molecular complexity index is 1910. The molecule has 3 N–H and O–H groups in total. The van der Waals surface area contributed by atoms with Crippen molar-refractivity contribution in [1.29, 1.82) is 0 Å². The molecule has 0 saturated carbocycles. The summed E-state index contributed by atoms with van der Waals surface area (Å²) in [6.45, 7) is 1.84. The van der Waals surface area contributed by atoms with Crippen molar-refractivity contribution in [3.8, 4) is 22.9 Å². The number of primary sulfonamides is 1. The van der Waals surface area contributed by atoms with Crippen LogP contribution in [0.25, 0.3) is 22.4 Å². The molecule has 0 radical (unpaired) electrons. The lowest BCUT2D eigenvalue weighted by Crippen LogP contribution is -2.23. The van der Waals surface area contributed by atoms with E-state index in [-0.39, 0.29) is 17.1 Å². The van der Waals surface area contributed by atoms with Crippen LogP contribution in [-0.2, 0) is 14.8 Å². The molecule has 204 valence electrons. The van der Waals surface area contributed by atoms with Gasteiger partial charge in [-0.1, -0.05) is 17.4 Å². The van der Waals surface area contributed by atoms with Crippen LogP contribution in [0.5, 0.6) is 11.5 Å². The maximum absolute atomic E-state index is 12.9. The van der Waals surface area contributed by atoms with Gasteiger partial charge in [-0.25, -0.2) is 13.6 Å². The molecule has 5 aromatic rings. The number of thiazole rings is 1. The van der Waals surface area contributed by atoms with E-state index in [2.05, 4.69) is 20.4 Å². The lowest BCUT2D eigenvalue weighted by molar-refractivity contribution is -0.118. The van der Waals surface area contributed by atoms with E-state index < -0.39 is 15.9 Å². The van der Waals surface area contributed by atoms with E-state index >= 15 is 0 Å². The van der Waals surface area contributed by atoms with Crippen LogP contribution in [0.15, 0.2) is 76.7 Å². The van der Waals surface area contributed by atoms with Crippen LogP contribution in [0, 0.1) is 0 Å². The van der Waals surface area contributed by atoms with Crippen molar-refractivity contribution in [3.05, 3.63) is 87.4 Å². The molecule has 0 spiro atoms. The highest BCUT2D eigenvalue weighted by molar-refractivity contribution is 7.89. The number of anilines is 1. The summed E-state index contributed by atoms with van der Waals surface area (Å²) < 4.78 is 35.8. The Balaban J connectivity index is 1.31. The van der Waals surface area contributed by atoms with Gasteiger partial charge in [0.15, 0.2) is 23.9 Å². The fraction of sp³-hybridized carbons (Fsp3) is 0.115. The molecule has 0 saturated heterocycles. The summed E-state index contributed by atoms with van der Waals surface area (Å²) >= 11 is 1.22. The van der Waals surface area contributed by atoms with Gasteiger partial charge >= 0.3 is 0 Å². The highest BCUT2D eigenvalue weighted by Crippen LogP contribution is 2.29. The molecule has 40 heavy (non-hydrogen) atoms. The molecule has 0 bridgehead atoms. The van der Waals surface area contributed by atoms with Crippen molar-refractivity contribution in [2.45, 2.75) is 11.8 Å². The number of fused-ring (bicyclic) bond motifs is 1. The first kappa shape index (κ1) is 26.9. The van der Waals surface area contributed by atoms with E-state index in [1.807, 2.05) is 6.92 Å². The highest BCUT2D eigenvalue weighted by Gasteiger charge is 2.14. The minimum atomic E-state index is -3.83. The van der Waals surface area contributed by atoms with Crippen LogP contribution in [0.2, 0.25) is 0 Å². The van der Waals surface area contributed by atoms with Gasteiger partial charge in [-0.05, 0) is 67.1 Å². The van der Waals surface area contributed by atoms with Gasteiger partial charge in [0.25, 0.3) is 11.5 Å². The number of nitrogens with zero attached hydrogens (tertiary/aromatic N) is 4. The number of carbonyl (C=O) groups is 1. The zero-order valence-corrected chi connectivity index (χ0v) is 22.6. The second kappa shape index (κ2) is 11.2. The minimum absolute atomic E-state index is 0.0633. The van der Waals surface area contributed by atoms with Crippen LogP contribution in [0.3, 0.4) is 0 Å². The monoisotopic (exact) mass is 578 g/mol. The molecule has 0 aliphatic rings. The number of ether oxygens (including phenoxy) is 2. The summed E-state index contributed by atoms with van der Waals surface area (Å²) in [6.07, 6.45) is 4.98. The minimum Gasteiger partial charge on any atom is -0.490 e. The van der Waals surface area contributed by atoms with Crippen molar-refractivity contribution < 1.29 is 22.7 Å². The van der Waals surface area contributed by atoms with E-state index in [4.69, 9.17) is 14.6 Å². The maximum Gasteiger partial charge on any atom is 0.291 e. The Morgan fingerprint density at radius 3 is 2.50 bits per heavy atom. The lowest BCUT2D eigenvalue weighted by Gasteiger charge is -2.13. The summed E-state index contributed by atoms with van der Waals surface area (Å²) in [5.74, 6) is 0.721. The van der Waals surface area contributed by atoms with E-state index in [1.54, 1.807) is 48.8 Å². The van der Waals surface area contributed by atoms with Gasteiger partial charge in [0.05, 0.1) is 16.0 Å². The third-order valence-corrected chi connectivity index (χ3v) is 7.40. The van der Waals surface area contributed by atoms with E-state index in [0.29, 0.717) is 44.7 Å². The summed E-state index contributed by atoms with van der Waals surface area (Å²) in [7, 11) is -3.83. The first-order valence-corrected chi connectivity index (χ1v) is 14.2. The molecule has 1 amide bonds. The summed E-state index contributed by atoms with van der Waals surface area (Å²) in [5.41, 5.74) is 1.54. The van der Waals surface area contributed by atoms with Crippen LogP contribution >= 0.6 is 11.3 Å². The number of hydrogen-bond donors (Lipinski definition) is 2. The predicted octanol–water partition coefficient (Wildman–Crippen LogP) is 1.82. The quantitative estimate of drug-likeness (QED) is 0.265. The van der Waals surface area contributed by atoms with Crippen LogP contribution < -0.4 is 30.0 Å². The number of pyridine rings is 1. The molecule has 0 unspecified atom stereocenters. The van der Waals surface area contributed by atoms with E-state index in [0.717, 1.165) is 5.56 Å². The molecule has 0 aliphatic carbocycles. The molecule has 0 aliphatic heterocycles. The predicted molar refractivity (Wildman–Crippen MR) is 149 cm³/mol. The van der Waals surface area contributed by atoms with Crippen molar-refractivity contribution in [2.24, 2.45) is 5.14 Å². The average Bonchev–Trinajstić information content (AvgIpc) is 3.48. The number of nitrogens with two attached hydrogens (primary N) is 1. The molecule has 12 nitrogen and oxygen atoms in total. The number of sulfonamides is 1. The highest BCUT2D eigenvalue weighted by atomic mass is 32.2. The van der Waals surface area contributed by atoms with Crippen LogP contribution in [0.4, 0.5) is 5.69 Å². The number of rotatable bonds is 9. The molecule has 3 aromatic heterocycles. The van der Waals surface area contributed by atoms with Crippen LogP contribution in [-0.4, -0.2) is 47.1 Å². The van der Waals surface area contributed by atoms with Gasteiger partial charge < -0.3 is 14.8 Å². The Labute approximate surface area is 231 Å². The smallest absolute Gasteiger partial charge is 0.291 e. The van der Waals surface area contributed by atoms with Crippen molar-refractivity contribution in [2.75, 3.05) is 18.5 Å². The van der Waals surface area contributed by atoms with E-state index in [9.17, 15) is 18.0 Å². The first-order chi connectivity index (χ1) is 19.2. The number of carbonyl (C=O) groups excluding carboxylic acids is 1. The van der Waals surface area contributed by atoms with E-state index in [1.165, 1.54) is 40.1 Å². The topological polar surface area (TPSA) is 168 Å². The molecule has 14 heteroatoms. The van der Waals surface area contributed by atoms with Crippen molar-refractivity contribution >= 4 is 44.0 Å².